The topological polar surface area (TPSA) is 85.5 Å². The van der Waals surface area contributed by atoms with Crippen LogP contribution in [0.3, 0.4) is 0 Å². The van der Waals surface area contributed by atoms with Crippen molar-refractivity contribution in [1.29, 1.82) is 0 Å². The Hall–Kier alpha value is -3.35. The highest BCUT2D eigenvalue weighted by molar-refractivity contribution is 5.70. The lowest BCUT2D eigenvalue weighted by Crippen LogP contribution is -2.32. The largest absolute Gasteiger partial charge is 0.461 e. The van der Waals surface area contributed by atoms with Gasteiger partial charge >= 0.3 is 0 Å². The maximum absolute atomic E-state index is 6.17. The summed E-state index contributed by atoms with van der Waals surface area (Å²) in [7, 11) is 0. The quantitative estimate of drug-likeness (QED) is 0.586. The summed E-state index contributed by atoms with van der Waals surface area (Å²) in [4.78, 5) is 11.5. The number of hydrogen-bond acceptors (Lipinski definition) is 6. The highest BCUT2D eigenvalue weighted by Gasteiger charge is 2.17. The van der Waals surface area contributed by atoms with Gasteiger partial charge in [-0.15, -0.1) is 5.10 Å². The molecular weight excluding hydrogens is 352 g/mol. The van der Waals surface area contributed by atoms with Gasteiger partial charge in [0.1, 0.15) is 0 Å². The SMILES string of the molecule is CC1CCN(c2cccc(-c3cc4nc(-c5ccco5)nn4c(N)n3)c2)CC1. The van der Waals surface area contributed by atoms with Gasteiger partial charge in [0.15, 0.2) is 11.4 Å². The Labute approximate surface area is 162 Å². The van der Waals surface area contributed by atoms with Crippen LogP contribution in [0.25, 0.3) is 28.5 Å². The zero-order chi connectivity index (χ0) is 19.1. The molecule has 5 rings (SSSR count). The number of benzene rings is 1. The van der Waals surface area contributed by atoms with E-state index in [1.54, 1.807) is 12.3 Å². The monoisotopic (exact) mass is 374 g/mol. The first kappa shape index (κ1) is 16.8. The molecule has 0 saturated carbocycles. The number of fused-ring (bicyclic) bond motifs is 1. The van der Waals surface area contributed by atoms with Crippen LogP contribution in [0.15, 0.2) is 53.1 Å². The Morgan fingerprint density at radius 1 is 1.07 bits per heavy atom. The first-order chi connectivity index (χ1) is 13.7. The molecular formula is C21H22N6O. The number of anilines is 2. The molecule has 142 valence electrons. The number of aromatic nitrogens is 4. The molecule has 1 fully saturated rings. The summed E-state index contributed by atoms with van der Waals surface area (Å²) in [5, 5.41) is 4.40. The number of rotatable bonds is 3. The van der Waals surface area contributed by atoms with Gasteiger partial charge in [0.25, 0.3) is 0 Å². The van der Waals surface area contributed by atoms with E-state index in [-0.39, 0.29) is 0 Å². The Kier molecular flexibility index (Phi) is 4.00. The predicted molar refractivity (Wildman–Crippen MR) is 109 cm³/mol. The van der Waals surface area contributed by atoms with Gasteiger partial charge in [-0.1, -0.05) is 19.1 Å². The lowest BCUT2D eigenvalue weighted by atomic mass is 9.98. The van der Waals surface area contributed by atoms with Crippen molar-refractivity contribution in [3.8, 4) is 22.8 Å². The van der Waals surface area contributed by atoms with Crippen LogP contribution >= 0.6 is 0 Å². The third-order valence-electron chi connectivity index (χ3n) is 5.38. The molecule has 0 unspecified atom stereocenters. The molecule has 0 atom stereocenters. The van der Waals surface area contributed by atoms with Crippen LogP contribution in [0.2, 0.25) is 0 Å². The van der Waals surface area contributed by atoms with Gasteiger partial charge < -0.3 is 15.1 Å². The molecule has 2 N–H and O–H groups in total. The van der Waals surface area contributed by atoms with Crippen LogP contribution in [0.1, 0.15) is 19.8 Å². The Morgan fingerprint density at radius 2 is 1.93 bits per heavy atom. The van der Waals surface area contributed by atoms with Crippen molar-refractivity contribution in [3.05, 3.63) is 48.7 Å². The molecule has 1 aromatic carbocycles. The van der Waals surface area contributed by atoms with Gasteiger partial charge in [-0.3, -0.25) is 0 Å². The predicted octanol–water partition coefficient (Wildman–Crippen LogP) is 3.87. The van der Waals surface area contributed by atoms with Gasteiger partial charge in [-0.25, -0.2) is 9.97 Å². The van der Waals surface area contributed by atoms with Crippen molar-refractivity contribution in [3.63, 3.8) is 0 Å². The van der Waals surface area contributed by atoms with Gasteiger partial charge in [0, 0.05) is 30.4 Å². The molecule has 1 aliphatic rings. The van der Waals surface area contributed by atoms with Crippen molar-refractivity contribution in [2.45, 2.75) is 19.8 Å². The number of furan rings is 1. The fourth-order valence-electron chi connectivity index (χ4n) is 3.70. The Bertz CT molecular complexity index is 1110. The second-order valence-corrected chi connectivity index (χ2v) is 7.40. The summed E-state index contributed by atoms with van der Waals surface area (Å²) in [6, 6.07) is 14.0. The van der Waals surface area contributed by atoms with Gasteiger partial charge in [-0.05, 0) is 43.0 Å². The van der Waals surface area contributed by atoms with Crippen molar-refractivity contribution >= 4 is 17.3 Å². The molecule has 7 heteroatoms. The average Bonchev–Trinajstić information content (AvgIpc) is 3.38. The van der Waals surface area contributed by atoms with Gasteiger partial charge in [0.2, 0.25) is 11.8 Å². The lowest BCUT2D eigenvalue weighted by Gasteiger charge is -2.32. The van der Waals surface area contributed by atoms with Crippen molar-refractivity contribution in [1.82, 2.24) is 19.6 Å². The highest BCUT2D eigenvalue weighted by Crippen LogP contribution is 2.28. The van der Waals surface area contributed by atoms with Crippen molar-refractivity contribution in [2.24, 2.45) is 5.92 Å². The summed E-state index contributed by atoms with van der Waals surface area (Å²) < 4.78 is 6.93. The minimum Gasteiger partial charge on any atom is -0.461 e. The number of nitrogen functional groups attached to an aromatic ring is 1. The third-order valence-corrected chi connectivity index (χ3v) is 5.38. The van der Waals surface area contributed by atoms with E-state index in [0.29, 0.717) is 23.2 Å². The highest BCUT2D eigenvalue weighted by atomic mass is 16.3. The third kappa shape index (κ3) is 2.98. The van der Waals surface area contributed by atoms with E-state index in [2.05, 4.69) is 51.2 Å². The van der Waals surface area contributed by atoms with Gasteiger partial charge in [-0.2, -0.15) is 4.52 Å². The molecule has 0 aliphatic carbocycles. The minimum atomic E-state index is 0.301. The van der Waals surface area contributed by atoms with Crippen LogP contribution in [0.5, 0.6) is 0 Å². The first-order valence-corrected chi connectivity index (χ1v) is 9.60. The number of hydrogen-bond donors (Lipinski definition) is 1. The van der Waals surface area contributed by atoms with Crippen LogP contribution < -0.4 is 10.6 Å². The molecule has 0 radical (unpaired) electrons. The van der Waals surface area contributed by atoms with Crippen LogP contribution in [-0.2, 0) is 0 Å². The number of nitrogens with zero attached hydrogens (tertiary/aromatic N) is 5. The number of piperidine rings is 1. The molecule has 3 aromatic heterocycles. The van der Waals surface area contributed by atoms with E-state index >= 15 is 0 Å². The summed E-state index contributed by atoms with van der Waals surface area (Å²) >= 11 is 0. The van der Waals surface area contributed by atoms with Crippen LogP contribution in [0.4, 0.5) is 11.6 Å². The standard InChI is InChI=1S/C21H22N6O/c1-14-7-9-26(10-8-14)16-5-2-4-15(12-16)17-13-19-24-20(18-6-3-11-28-18)25-27(19)21(22)23-17/h2-6,11-14H,7-10H2,1H3,(H2,22,23). The zero-order valence-electron chi connectivity index (χ0n) is 15.7. The van der Waals surface area contributed by atoms with E-state index in [1.165, 1.54) is 23.0 Å². The first-order valence-electron chi connectivity index (χ1n) is 9.60. The average molecular weight is 374 g/mol. The lowest BCUT2D eigenvalue weighted by molar-refractivity contribution is 0.438. The van der Waals surface area contributed by atoms with Crippen molar-refractivity contribution in [2.75, 3.05) is 23.7 Å². The van der Waals surface area contributed by atoms with E-state index in [1.807, 2.05) is 12.1 Å². The maximum Gasteiger partial charge on any atom is 0.223 e. The summed E-state index contributed by atoms with van der Waals surface area (Å²) in [6.45, 7) is 4.51. The molecule has 0 amide bonds. The normalized spacial score (nSPS) is 15.4. The fourth-order valence-corrected chi connectivity index (χ4v) is 3.70. The zero-order valence-corrected chi connectivity index (χ0v) is 15.7. The molecule has 28 heavy (non-hydrogen) atoms. The van der Waals surface area contributed by atoms with Gasteiger partial charge in [0.05, 0.1) is 12.0 Å². The summed E-state index contributed by atoms with van der Waals surface area (Å²) in [6.07, 6.45) is 4.06. The molecule has 1 aliphatic heterocycles. The van der Waals surface area contributed by atoms with Crippen molar-refractivity contribution < 1.29 is 4.42 Å². The number of nitrogens with two attached hydrogens (primary N) is 1. The minimum absolute atomic E-state index is 0.301. The second-order valence-electron chi connectivity index (χ2n) is 7.40. The Balaban J connectivity index is 1.51. The molecule has 4 aromatic rings. The molecule has 1 saturated heterocycles. The summed E-state index contributed by atoms with van der Waals surface area (Å²) in [5.41, 5.74) is 9.84. The van der Waals surface area contributed by atoms with Crippen LogP contribution in [-0.4, -0.2) is 32.7 Å². The van der Waals surface area contributed by atoms with E-state index < -0.39 is 0 Å². The van der Waals surface area contributed by atoms with E-state index in [4.69, 9.17) is 10.2 Å². The maximum atomic E-state index is 6.17. The molecule has 0 spiro atoms. The fraction of sp³-hybridized carbons (Fsp3) is 0.286. The smallest absolute Gasteiger partial charge is 0.223 e. The molecule has 7 nitrogen and oxygen atoms in total. The Morgan fingerprint density at radius 3 is 2.71 bits per heavy atom. The second kappa shape index (κ2) is 6.67. The van der Waals surface area contributed by atoms with Crippen LogP contribution in [0, 0.1) is 5.92 Å². The summed E-state index contributed by atoms with van der Waals surface area (Å²) in [5.74, 6) is 2.20. The van der Waals surface area contributed by atoms with E-state index in [9.17, 15) is 0 Å². The molecule has 4 heterocycles. The van der Waals surface area contributed by atoms with E-state index in [0.717, 1.165) is 30.3 Å². The molecule has 0 bridgehead atoms.